The van der Waals surface area contributed by atoms with Crippen LogP contribution in [0.3, 0.4) is 0 Å². The lowest BCUT2D eigenvalue weighted by Crippen LogP contribution is -2.36. The molecule has 1 aromatic heterocycles. The van der Waals surface area contributed by atoms with Gasteiger partial charge in [0.15, 0.2) is 5.69 Å². The van der Waals surface area contributed by atoms with Gasteiger partial charge in [0.1, 0.15) is 0 Å². The zero-order valence-electron chi connectivity index (χ0n) is 11.3. The molecule has 4 heteroatoms. The molecule has 2 heterocycles. The summed E-state index contributed by atoms with van der Waals surface area (Å²) in [6, 6.07) is 13.5. The second kappa shape index (κ2) is 5.82. The van der Waals surface area contributed by atoms with Crippen LogP contribution in [0, 0.1) is 0 Å². The summed E-state index contributed by atoms with van der Waals surface area (Å²) in [5.41, 5.74) is 2.24. The van der Waals surface area contributed by atoms with Gasteiger partial charge in [0, 0.05) is 18.7 Å². The van der Waals surface area contributed by atoms with E-state index in [1.807, 2.05) is 41.3 Å². The van der Waals surface area contributed by atoms with Crippen molar-refractivity contribution in [3.8, 4) is 11.3 Å². The largest absolute Gasteiger partial charge is 0.337 e. The first-order valence-corrected chi connectivity index (χ1v) is 7.03. The van der Waals surface area contributed by atoms with E-state index in [4.69, 9.17) is 0 Å². The van der Waals surface area contributed by atoms with Gasteiger partial charge in [-0.1, -0.05) is 30.3 Å². The van der Waals surface area contributed by atoms with Gasteiger partial charge in [-0.2, -0.15) is 0 Å². The summed E-state index contributed by atoms with van der Waals surface area (Å²) >= 11 is 0. The molecule has 1 aliphatic heterocycles. The molecule has 0 bridgehead atoms. The summed E-state index contributed by atoms with van der Waals surface area (Å²) in [6.07, 6.45) is 3.38. The summed E-state index contributed by atoms with van der Waals surface area (Å²) in [5.74, 6) is -0.00295. The highest BCUT2D eigenvalue weighted by molar-refractivity contribution is 5.92. The molecule has 0 unspecified atom stereocenters. The van der Waals surface area contributed by atoms with E-state index >= 15 is 0 Å². The molecule has 0 spiro atoms. The Kier molecular flexibility index (Phi) is 3.72. The summed E-state index contributed by atoms with van der Waals surface area (Å²) in [4.78, 5) is 14.1. The maximum atomic E-state index is 12.3. The predicted molar refractivity (Wildman–Crippen MR) is 77.2 cm³/mol. The van der Waals surface area contributed by atoms with Crippen molar-refractivity contribution in [2.75, 3.05) is 13.1 Å². The number of carbonyl (C=O) groups is 1. The molecule has 3 rings (SSSR count). The molecule has 20 heavy (non-hydrogen) atoms. The monoisotopic (exact) mass is 267 g/mol. The zero-order valence-corrected chi connectivity index (χ0v) is 11.3. The second-order valence-corrected chi connectivity index (χ2v) is 5.02. The Morgan fingerprint density at radius 1 is 0.900 bits per heavy atom. The number of amides is 1. The third-order valence-electron chi connectivity index (χ3n) is 3.60. The van der Waals surface area contributed by atoms with Crippen LogP contribution in [-0.4, -0.2) is 34.1 Å². The first kappa shape index (κ1) is 12.8. The van der Waals surface area contributed by atoms with E-state index in [9.17, 15) is 4.79 Å². The third-order valence-corrected chi connectivity index (χ3v) is 3.60. The number of aromatic nitrogens is 2. The molecule has 1 saturated heterocycles. The zero-order chi connectivity index (χ0) is 13.8. The molecule has 1 amide bonds. The van der Waals surface area contributed by atoms with Crippen LogP contribution < -0.4 is 0 Å². The Labute approximate surface area is 118 Å². The van der Waals surface area contributed by atoms with Gasteiger partial charge in [0.25, 0.3) is 5.91 Å². The Bertz CT molecular complexity index is 574. The fraction of sp³-hybridized carbons (Fsp3) is 0.312. The Morgan fingerprint density at radius 3 is 2.30 bits per heavy atom. The van der Waals surface area contributed by atoms with E-state index in [0.717, 1.165) is 37.2 Å². The highest BCUT2D eigenvalue weighted by Crippen LogP contribution is 2.16. The number of likely N-dealkylation sites (tertiary alicyclic amines) is 1. The van der Waals surface area contributed by atoms with Crippen molar-refractivity contribution in [3.63, 3.8) is 0 Å². The van der Waals surface area contributed by atoms with Crippen molar-refractivity contribution in [3.05, 3.63) is 48.2 Å². The van der Waals surface area contributed by atoms with Crippen molar-refractivity contribution >= 4 is 5.91 Å². The molecule has 0 radical (unpaired) electrons. The number of hydrogen-bond acceptors (Lipinski definition) is 3. The summed E-state index contributed by atoms with van der Waals surface area (Å²) in [7, 11) is 0. The molecule has 1 aromatic carbocycles. The maximum absolute atomic E-state index is 12.3. The van der Waals surface area contributed by atoms with Gasteiger partial charge < -0.3 is 4.90 Å². The number of benzene rings is 1. The smallest absolute Gasteiger partial charge is 0.274 e. The molecule has 1 aliphatic rings. The van der Waals surface area contributed by atoms with Crippen LogP contribution in [0.25, 0.3) is 11.3 Å². The van der Waals surface area contributed by atoms with Gasteiger partial charge in [0.05, 0.1) is 5.69 Å². The minimum atomic E-state index is -0.00295. The summed E-state index contributed by atoms with van der Waals surface area (Å²) in [5, 5.41) is 8.26. The molecule has 4 nitrogen and oxygen atoms in total. The fourth-order valence-corrected chi connectivity index (χ4v) is 2.47. The van der Waals surface area contributed by atoms with Crippen molar-refractivity contribution in [2.24, 2.45) is 0 Å². The number of carbonyl (C=O) groups excluding carboxylic acids is 1. The minimum absolute atomic E-state index is 0.00295. The van der Waals surface area contributed by atoms with Gasteiger partial charge >= 0.3 is 0 Å². The molecule has 2 aromatic rings. The number of nitrogens with zero attached hydrogens (tertiary/aromatic N) is 3. The summed E-state index contributed by atoms with van der Waals surface area (Å²) in [6.45, 7) is 1.67. The van der Waals surface area contributed by atoms with Crippen LogP contribution in [0.5, 0.6) is 0 Å². The van der Waals surface area contributed by atoms with E-state index in [0.29, 0.717) is 5.69 Å². The van der Waals surface area contributed by atoms with Crippen molar-refractivity contribution in [2.45, 2.75) is 19.3 Å². The van der Waals surface area contributed by atoms with Crippen LogP contribution >= 0.6 is 0 Å². The summed E-state index contributed by atoms with van der Waals surface area (Å²) < 4.78 is 0. The maximum Gasteiger partial charge on any atom is 0.274 e. The van der Waals surface area contributed by atoms with Crippen molar-refractivity contribution in [1.29, 1.82) is 0 Å². The fourth-order valence-electron chi connectivity index (χ4n) is 2.47. The topological polar surface area (TPSA) is 46.1 Å². The Balaban J connectivity index is 1.77. The van der Waals surface area contributed by atoms with E-state index in [2.05, 4.69) is 10.2 Å². The van der Waals surface area contributed by atoms with Gasteiger partial charge in [-0.15, -0.1) is 10.2 Å². The van der Waals surface area contributed by atoms with Crippen LogP contribution in [0.4, 0.5) is 0 Å². The van der Waals surface area contributed by atoms with Crippen LogP contribution in [0.1, 0.15) is 29.8 Å². The van der Waals surface area contributed by atoms with E-state index in [1.54, 1.807) is 6.07 Å². The van der Waals surface area contributed by atoms with E-state index in [1.165, 1.54) is 6.42 Å². The molecular weight excluding hydrogens is 250 g/mol. The SMILES string of the molecule is O=C(c1ccc(-c2ccccc2)nn1)N1CCCCC1. The van der Waals surface area contributed by atoms with Gasteiger partial charge in [-0.25, -0.2) is 0 Å². The second-order valence-electron chi connectivity index (χ2n) is 5.02. The number of hydrogen-bond donors (Lipinski definition) is 0. The van der Waals surface area contributed by atoms with Crippen molar-refractivity contribution in [1.82, 2.24) is 15.1 Å². The molecule has 102 valence electrons. The lowest BCUT2D eigenvalue weighted by molar-refractivity contribution is 0.0717. The lowest BCUT2D eigenvalue weighted by atomic mass is 10.1. The molecular formula is C16H17N3O. The molecule has 0 saturated carbocycles. The highest BCUT2D eigenvalue weighted by atomic mass is 16.2. The van der Waals surface area contributed by atoms with Crippen molar-refractivity contribution < 1.29 is 4.79 Å². The minimum Gasteiger partial charge on any atom is -0.337 e. The number of rotatable bonds is 2. The van der Waals surface area contributed by atoms with Gasteiger partial charge in [-0.05, 0) is 31.4 Å². The van der Waals surface area contributed by atoms with Crippen LogP contribution in [0.15, 0.2) is 42.5 Å². The normalized spacial score (nSPS) is 15.1. The first-order chi connectivity index (χ1) is 9.84. The Hall–Kier alpha value is -2.23. The lowest BCUT2D eigenvalue weighted by Gasteiger charge is -2.26. The standard InChI is InChI=1S/C16H17N3O/c20-16(19-11-5-2-6-12-19)15-10-9-14(17-18-15)13-7-3-1-4-8-13/h1,3-4,7-10H,2,5-6,11-12H2. The highest BCUT2D eigenvalue weighted by Gasteiger charge is 2.19. The van der Waals surface area contributed by atoms with E-state index < -0.39 is 0 Å². The third kappa shape index (κ3) is 2.69. The molecule has 0 N–H and O–H groups in total. The number of piperidine rings is 1. The van der Waals surface area contributed by atoms with Crippen LogP contribution in [0.2, 0.25) is 0 Å². The first-order valence-electron chi connectivity index (χ1n) is 7.03. The average Bonchev–Trinajstić information content (AvgIpc) is 2.56. The van der Waals surface area contributed by atoms with Gasteiger partial charge in [0.2, 0.25) is 0 Å². The average molecular weight is 267 g/mol. The molecule has 0 atom stereocenters. The predicted octanol–water partition coefficient (Wildman–Crippen LogP) is 2.77. The molecule has 0 aliphatic carbocycles. The molecule has 1 fully saturated rings. The quantitative estimate of drug-likeness (QED) is 0.840. The van der Waals surface area contributed by atoms with Gasteiger partial charge in [-0.3, -0.25) is 4.79 Å². The Morgan fingerprint density at radius 2 is 1.65 bits per heavy atom. The van der Waals surface area contributed by atoms with Crippen LogP contribution in [-0.2, 0) is 0 Å². The van der Waals surface area contributed by atoms with E-state index in [-0.39, 0.29) is 5.91 Å².